The molecule has 0 spiro atoms. The Kier molecular flexibility index (Phi) is 4.59. The summed E-state index contributed by atoms with van der Waals surface area (Å²) in [4.78, 5) is 0. The molecule has 0 bridgehead atoms. The van der Waals surface area contributed by atoms with Gasteiger partial charge in [-0.1, -0.05) is 0 Å². The maximum absolute atomic E-state index is 5.48. The highest BCUT2D eigenvalue weighted by Gasteiger charge is 2.26. The van der Waals surface area contributed by atoms with E-state index in [1.165, 1.54) is 0 Å². The number of ether oxygens (including phenoxy) is 1. The summed E-state index contributed by atoms with van der Waals surface area (Å²) in [6.45, 7) is 4.86. The van der Waals surface area contributed by atoms with Crippen LogP contribution in [0.15, 0.2) is 22.8 Å². The summed E-state index contributed by atoms with van der Waals surface area (Å²) < 4.78 is 10.8. The van der Waals surface area contributed by atoms with E-state index in [9.17, 15) is 0 Å². The van der Waals surface area contributed by atoms with Crippen LogP contribution in [-0.4, -0.2) is 38.9 Å². The van der Waals surface area contributed by atoms with Gasteiger partial charge in [-0.2, -0.15) is 0 Å². The lowest BCUT2D eigenvalue weighted by molar-refractivity contribution is 0.182. The van der Waals surface area contributed by atoms with Crippen molar-refractivity contribution in [1.29, 1.82) is 0 Å². The first-order valence-corrected chi connectivity index (χ1v) is 6.30. The summed E-state index contributed by atoms with van der Waals surface area (Å²) >= 11 is 0. The molecule has 4 heteroatoms. The van der Waals surface area contributed by atoms with E-state index >= 15 is 0 Å². The van der Waals surface area contributed by atoms with Crippen LogP contribution in [0.2, 0.25) is 0 Å². The number of furan rings is 1. The van der Waals surface area contributed by atoms with Crippen molar-refractivity contribution in [3.05, 3.63) is 24.2 Å². The summed E-state index contributed by atoms with van der Waals surface area (Å²) in [6, 6.07) is 4.87. The molecule has 4 nitrogen and oxygen atoms in total. The molecule has 1 aromatic heterocycles. The summed E-state index contributed by atoms with van der Waals surface area (Å²) in [6.07, 6.45) is 2.66. The van der Waals surface area contributed by atoms with Crippen molar-refractivity contribution in [1.82, 2.24) is 10.6 Å². The fourth-order valence-corrected chi connectivity index (χ4v) is 2.27. The Hall–Kier alpha value is -0.840. The molecule has 2 heterocycles. The van der Waals surface area contributed by atoms with Gasteiger partial charge in [-0.15, -0.1) is 0 Å². The Bertz CT molecular complexity index is 313. The fourth-order valence-electron chi connectivity index (χ4n) is 2.27. The van der Waals surface area contributed by atoms with Gasteiger partial charge < -0.3 is 19.8 Å². The number of hydrogen-bond acceptors (Lipinski definition) is 4. The van der Waals surface area contributed by atoms with Crippen LogP contribution >= 0.6 is 0 Å². The van der Waals surface area contributed by atoms with Crippen LogP contribution in [0.3, 0.4) is 0 Å². The second kappa shape index (κ2) is 6.19. The van der Waals surface area contributed by atoms with Crippen LogP contribution < -0.4 is 10.6 Å². The zero-order valence-corrected chi connectivity index (χ0v) is 10.6. The molecular weight excluding hydrogens is 216 g/mol. The number of rotatable bonds is 6. The highest BCUT2D eigenvalue weighted by Crippen LogP contribution is 2.12. The third-order valence-corrected chi connectivity index (χ3v) is 3.39. The van der Waals surface area contributed by atoms with Crippen LogP contribution in [-0.2, 0) is 11.2 Å². The zero-order chi connectivity index (χ0) is 12.1. The molecule has 0 aromatic carbocycles. The molecule has 0 radical (unpaired) electrons. The second-order valence-corrected chi connectivity index (χ2v) is 4.79. The first-order valence-electron chi connectivity index (χ1n) is 6.30. The quantitative estimate of drug-likeness (QED) is 0.777. The summed E-state index contributed by atoms with van der Waals surface area (Å²) in [5.74, 6) is 1.61. The second-order valence-electron chi connectivity index (χ2n) is 4.79. The Morgan fingerprint density at radius 3 is 3.06 bits per heavy atom. The van der Waals surface area contributed by atoms with Gasteiger partial charge in [0, 0.05) is 31.0 Å². The normalized spacial score (nSPS) is 26.2. The third-order valence-electron chi connectivity index (χ3n) is 3.39. The summed E-state index contributed by atoms with van der Waals surface area (Å²) in [7, 11) is 2.00. The van der Waals surface area contributed by atoms with E-state index in [0.717, 1.165) is 31.9 Å². The van der Waals surface area contributed by atoms with E-state index in [4.69, 9.17) is 9.15 Å². The van der Waals surface area contributed by atoms with Crippen LogP contribution in [0.4, 0.5) is 0 Å². The van der Waals surface area contributed by atoms with E-state index in [2.05, 4.69) is 17.6 Å². The molecule has 17 heavy (non-hydrogen) atoms. The van der Waals surface area contributed by atoms with Gasteiger partial charge in [-0.05, 0) is 26.1 Å². The van der Waals surface area contributed by atoms with Crippen molar-refractivity contribution >= 4 is 0 Å². The van der Waals surface area contributed by atoms with E-state index in [1.807, 2.05) is 19.2 Å². The average Bonchev–Trinajstić information content (AvgIpc) is 2.96. The van der Waals surface area contributed by atoms with Crippen molar-refractivity contribution < 1.29 is 9.15 Å². The molecule has 0 saturated carbocycles. The molecule has 1 aliphatic rings. The first kappa shape index (κ1) is 12.6. The van der Waals surface area contributed by atoms with Crippen LogP contribution in [0.25, 0.3) is 0 Å². The van der Waals surface area contributed by atoms with Crippen molar-refractivity contribution in [2.24, 2.45) is 5.92 Å². The summed E-state index contributed by atoms with van der Waals surface area (Å²) in [5.41, 5.74) is 0. The topological polar surface area (TPSA) is 46.4 Å². The Labute approximate surface area is 103 Å². The van der Waals surface area contributed by atoms with Gasteiger partial charge in [0.25, 0.3) is 0 Å². The monoisotopic (exact) mass is 238 g/mol. The smallest absolute Gasteiger partial charge is 0.105 e. The predicted octanol–water partition coefficient (Wildman–Crippen LogP) is 1.03. The zero-order valence-electron chi connectivity index (χ0n) is 10.6. The van der Waals surface area contributed by atoms with Crippen molar-refractivity contribution in [2.45, 2.75) is 25.4 Å². The fraction of sp³-hybridized carbons (Fsp3) is 0.692. The number of hydrogen-bond donors (Lipinski definition) is 2. The molecule has 2 N–H and O–H groups in total. The van der Waals surface area contributed by atoms with Gasteiger partial charge in [-0.25, -0.2) is 0 Å². The van der Waals surface area contributed by atoms with Crippen LogP contribution in [0.5, 0.6) is 0 Å². The SMILES string of the molecule is CNC1COCC1CNC(C)Cc1ccco1. The number of nitrogens with one attached hydrogen (secondary N) is 2. The molecule has 1 aliphatic heterocycles. The minimum absolute atomic E-state index is 0.430. The molecule has 3 unspecified atom stereocenters. The van der Waals surface area contributed by atoms with Gasteiger partial charge in [0.1, 0.15) is 5.76 Å². The van der Waals surface area contributed by atoms with Crippen molar-refractivity contribution in [2.75, 3.05) is 26.8 Å². The molecule has 3 atom stereocenters. The van der Waals surface area contributed by atoms with Crippen LogP contribution in [0.1, 0.15) is 12.7 Å². The largest absolute Gasteiger partial charge is 0.469 e. The predicted molar refractivity (Wildman–Crippen MR) is 67.0 cm³/mol. The van der Waals surface area contributed by atoms with Crippen molar-refractivity contribution in [3.63, 3.8) is 0 Å². The van der Waals surface area contributed by atoms with E-state index in [-0.39, 0.29) is 0 Å². The molecular formula is C13H22N2O2. The van der Waals surface area contributed by atoms with Crippen molar-refractivity contribution in [3.8, 4) is 0 Å². The van der Waals surface area contributed by atoms with Gasteiger partial charge in [0.15, 0.2) is 0 Å². The maximum Gasteiger partial charge on any atom is 0.105 e. The van der Waals surface area contributed by atoms with E-state index < -0.39 is 0 Å². The standard InChI is InChI=1S/C13H22N2O2/c1-10(6-12-4-3-5-17-12)15-7-11-8-16-9-13(11)14-2/h3-5,10-11,13-15H,6-9H2,1-2H3. The molecule has 1 fully saturated rings. The minimum atomic E-state index is 0.430. The van der Waals surface area contributed by atoms with Gasteiger partial charge >= 0.3 is 0 Å². The Morgan fingerprint density at radius 1 is 1.47 bits per heavy atom. The van der Waals surface area contributed by atoms with E-state index in [0.29, 0.717) is 18.0 Å². The lowest BCUT2D eigenvalue weighted by Gasteiger charge is -2.20. The summed E-state index contributed by atoms with van der Waals surface area (Å²) in [5, 5.41) is 6.85. The van der Waals surface area contributed by atoms with Gasteiger partial charge in [-0.3, -0.25) is 0 Å². The molecule has 0 amide bonds. The third kappa shape index (κ3) is 3.56. The number of likely N-dealkylation sites (N-methyl/N-ethyl adjacent to an activating group) is 1. The molecule has 2 rings (SSSR count). The van der Waals surface area contributed by atoms with Gasteiger partial charge in [0.2, 0.25) is 0 Å². The molecule has 0 aliphatic carbocycles. The van der Waals surface area contributed by atoms with Crippen LogP contribution in [0, 0.1) is 5.92 Å². The Balaban J connectivity index is 1.70. The molecule has 1 aromatic rings. The maximum atomic E-state index is 5.48. The highest BCUT2D eigenvalue weighted by molar-refractivity contribution is 5.00. The van der Waals surface area contributed by atoms with E-state index in [1.54, 1.807) is 6.26 Å². The first-order chi connectivity index (χ1) is 8.29. The average molecular weight is 238 g/mol. The molecule has 1 saturated heterocycles. The molecule has 96 valence electrons. The Morgan fingerprint density at radius 2 is 2.35 bits per heavy atom. The highest BCUT2D eigenvalue weighted by atomic mass is 16.5. The lowest BCUT2D eigenvalue weighted by atomic mass is 10.0. The van der Waals surface area contributed by atoms with Gasteiger partial charge in [0.05, 0.1) is 19.5 Å². The lowest BCUT2D eigenvalue weighted by Crippen LogP contribution is -2.41. The minimum Gasteiger partial charge on any atom is -0.469 e.